The Bertz CT molecular complexity index is 942. The first-order valence-corrected chi connectivity index (χ1v) is 9.69. The monoisotopic (exact) mass is 362 g/mol. The van der Waals surface area contributed by atoms with Crippen molar-refractivity contribution in [2.75, 3.05) is 17.8 Å². The number of nitrogens with one attached hydrogen (secondary N) is 1. The second-order valence-electron chi connectivity index (χ2n) is 5.88. The quantitative estimate of drug-likeness (QED) is 0.822. The molecule has 1 aliphatic heterocycles. The molecule has 1 aliphatic rings. The maximum atomic E-state index is 12.9. The number of rotatable bonds is 5. The lowest BCUT2D eigenvalue weighted by Gasteiger charge is -2.23. The van der Waals surface area contributed by atoms with Crippen LogP contribution in [0.25, 0.3) is 5.69 Å². The van der Waals surface area contributed by atoms with Crippen LogP contribution < -0.4 is 10.3 Å². The summed E-state index contributed by atoms with van der Waals surface area (Å²) in [5.74, 6) is 0. The molecule has 0 fully saturated rings. The summed E-state index contributed by atoms with van der Waals surface area (Å²) in [5, 5.41) is 0. The van der Waals surface area contributed by atoms with E-state index in [1.165, 1.54) is 8.99 Å². The maximum absolute atomic E-state index is 12.9. The van der Waals surface area contributed by atoms with Crippen LogP contribution in [-0.2, 0) is 23.7 Å². The van der Waals surface area contributed by atoms with E-state index in [2.05, 4.69) is 4.72 Å². The van der Waals surface area contributed by atoms with E-state index in [0.717, 1.165) is 0 Å². The Morgan fingerprint density at radius 2 is 1.88 bits per heavy atom. The van der Waals surface area contributed by atoms with Crippen molar-refractivity contribution in [1.82, 2.24) is 13.7 Å². The van der Waals surface area contributed by atoms with E-state index in [-0.39, 0.29) is 11.2 Å². The number of nitrogens with zero attached hydrogens (tertiary/aromatic N) is 3. The van der Waals surface area contributed by atoms with Crippen molar-refractivity contribution in [2.24, 2.45) is 7.05 Å². The number of hydrogen-bond donors (Lipinski definition) is 1. The topological polar surface area (TPSA) is 76.3 Å². The molecule has 0 saturated carbocycles. The molecule has 0 atom stereocenters. The molecule has 7 nitrogen and oxygen atoms in total. The number of benzene rings is 1. The van der Waals surface area contributed by atoms with Gasteiger partial charge in [-0.3, -0.25) is 14.2 Å². The molecule has 0 amide bonds. The molecule has 2 aromatic rings. The summed E-state index contributed by atoms with van der Waals surface area (Å²) in [4.78, 5) is 12.9. The third kappa shape index (κ3) is 3.27. The molecular formula is C17H22N4O3S. The van der Waals surface area contributed by atoms with Crippen LogP contribution in [0.4, 0.5) is 5.69 Å². The lowest BCUT2D eigenvalue weighted by atomic mass is 10.3. The van der Waals surface area contributed by atoms with Crippen LogP contribution in [0.5, 0.6) is 0 Å². The fraction of sp³-hybridized carbons (Fsp3) is 0.353. The Kier molecular flexibility index (Phi) is 4.82. The predicted molar refractivity (Wildman–Crippen MR) is 98.3 cm³/mol. The zero-order chi connectivity index (χ0) is 18.0. The molecule has 0 saturated heterocycles. The minimum atomic E-state index is -3.77. The summed E-state index contributed by atoms with van der Waals surface area (Å²) >= 11 is 0. The molecule has 1 aromatic heterocycles. The molecule has 1 aromatic carbocycles. The van der Waals surface area contributed by atoms with E-state index >= 15 is 0 Å². The van der Waals surface area contributed by atoms with Gasteiger partial charge in [-0.1, -0.05) is 37.3 Å². The summed E-state index contributed by atoms with van der Waals surface area (Å²) in [5.41, 5.74) is 1.08. The number of para-hydroxylation sites is 1. The number of aromatic nitrogens is 2. The van der Waals surface area contributed by atoms with Crippen LogP contribution in [0.15, 0.2) is 47.3 Å². The third-order valence-corrected chi connectivity index (χ3v) is 5.79. The SMILES string of the molecule is CCc1c(NS(=O)(=O)N2CC=CCC2)c(=O)n(-c2ccccc2)n1C. The zero-order valence-electron chi connectivity index (χ0n) is 14.3. The molecule has 0 spiro atoms. The maximum Gasteiger partial charge on any atom is 0.302 e. The Hall–Kier alpha value is -2.32. The molecule has 0 bridgehead atoms. The van der Waals surface area contributed by atoms with Crippen molar-refractivity contribution in [3.63, 3.8) is 0 Å². The van der Waals surface area contributed by atoms with Gasteiger partial charge in [0, 0.05) is 20.1 Å². The van der Waals surface area contributed by atoms with Gasteiger partial charge in [0.25, 0.3) is 5.56 Å². The zero-order valence-corrected chi connectivity index (χ0v) is 15.2. The number of anilines is 1. The molecule has 0 unspecified atom stereocenters. The van der Waals surface area contributed by atoms with Gasteiger partial charge in [0.2, 0.25) is 0 Å². The largest absolute Gasteiger partial charge is 0.302 e. The molecule has 134 valence electrons. The molecular weight excluding hydrogens is 340 g/mol. The standard InChI is InChI=1S/C17H22N4O3S/c1-3-15-16(18-25(23,24)20-12-8-5-9-13-20)17(22)21(19(15)2)14-10-6-4-7-11-14/h4-8,10-11,18H,3,9,12-13H2,1-2H3. The van der Waals surface area contributed by atoms with Crippen LogP contribution in [0.3, 0.4) is 0 Å². The van der Waals surface area contributed by atoms with E-state index in [1.54, 1.807) is 11.7 Å². The minimum absolute atomic E-state index is 0.114. The minimum Gasteiger partial charge on any atom is -0.283 e. The van der Waals surface area contributed by atoms with Crippen molar-refractivity contribution < 1.29 is 8.42 Å². The van der Waals surface area contributed by atoms with Crippen LogP contribution in [0, 0.1) is 0 Å². The predicted octanol–water partition coefficient (Wildman–Crippen LogP) is 1.66. The first kappa shape index (κ1) is 17.5. The Morgan fingerprint density at radius 1 is 1.16 bits per heavy atom. The van der Waals surface area contributed by atoms with Gasteiger partial charge in [0.1, 0.15) is 5.69 Å². The highest BCUT2D eigenvalue weighted by molar-refractivity contribution is 7.90. The third-order valence-electron chi connectivity index (χ3n) is 4.31. The average Bonchev–Trinajstić information content (AvgIpc) is 2.85. The Labute approximate surface area is 147 Å². The van der Waals surface area contributed by atoms with E-state index in [4.69, 9.17) is 0 Å². The highest BCUT2D eigenvalue weighted by atomic mass is 32.2. The molecule has 3 rings (SSSR count). The summed E-state index contributed by atoms with van der Waals surface area (Å²) in [7, 11) is -2.01. The first-order valence-electron chi connectivity index (χ1n) is 8.25. The Morgan fingerprint density at radius 3 is 2.48 bits per heavy atom. The fourth-order valence-electron chi connectivity index (χ4n) is 3.05. The smallest absolute Gasteiger partial charge is 0.283 e. The van der Waals surface area contributed by atoms with Gasteiger partial charge in [0.05, 0.1) is 11.4 Å². The second kappa shape index (κ2) is 6.89. The highest BCUT2D eigenvalue weighted by Crippen LogP contribution is 2.18. The lowest BCUT2D eigenvalue weighted by molar-refractivity contribution is 0.441. The molecule has 25 heavy (non-hydrogen) atoms. The normalized spacial score (nSPS) is 15.4. The molecule has 0 radical (unpaired) electrons. The molecule has 0 aliphatic carbocycles. The van der Waals surface area contributed by atoms with Crippen LogP contribution >= 0.6 is 0 Å². The van der Waals surface area contributed by atoms with E-state index < -0.39 is 10.2 Å². The highest BCUT2D eigenvalue weighted by Gasteiger charge is 2.27. The molecule has 1 N–H and O–H groups in total. The van der Waals surface area contributed by atoms with Crippen LogP contribution in [0.2, 0.25) is 0 Å². The van der Waals surface area contributed by atoms with Gasteiger partial charge in [-0.2, -0.15) is 12.7 Å². The van der Waals surface area contributed by atoms with Crippen molar-refractivity contribution in [2.45, 2.75) is 19.8 Å². The Balaban J connectivity index is 2.05. The van der Waals surface area contributed by atoms with Gasteiger partial charge in [-0.25, -0.2) is 4.68 Å². The summed E-state index contributed by atoms with van der Waals surface area (Å²) in [6.45, 7) is 2.62. The van der Waals surface area contributed by atoms with Gasteiger partial charge < -0.3 is 0 Å². The van der Waals surface area contributed by atoms with E-state index in [1.807, 2.05) is 49.4 Å². The summed E-state index contributed by atoms with van der Waals surface area (Å²) in [6.07, 6.45) is 4.97. The fourth-order valence-corrected chi connectivity index (χ4v) is 4.27. The van der Waals surface area contributed by atoms with Crippen molar-refractivity contribution in [3.8, 4) is 5.69 Å². The van der Waals surface area contributed by atoms with Crippen LogP contribution in [-0.4, -0.2) is 35.2 Å². The van der Waals surface area contributed by atoms with E-state index in [9.17, 15) is 13.2 Å². The van der Waals surface area contributed by atoms with Gasteiger partial charge in [-0.05, 0) is 25.0 Å². The van der Waals surface area contributed by atoms with Crippen molar-refractivity contribution >= 4 is 15.9 Å². The van der Waals surface area contributed by atoms with Gasteiger partial charge in [-0.15, -0.1) is 0 Å². The summed E-state index contributed by atoms with van der Waals surface area (Å²) < 4.78 is 32.3. The van der Waals surface area contributed by atoms with Gasteiger partial charge >= 0.3 is 10.2 Å². The van der Waals surface area contributed by atoms with E-state index in [0.29, 0.717) is 37.3 Å². The second-order valence-corrected chi connectivity index (χ2v) is 7.55. The molecule has 8 heteroatoms. The number of hydrogen-bond acceptors (Lipinski definition) is 3. The summed E-state index contributed by atoms with van der Waals surface area (Å²) in [6, 6.07) is 9.17. The van der Waals surface area contributed by atoms with Crippen LogP contribution in [0.1, 0.15) is 19.0 Å². The van der Waals surface area contributed by atoms with Gasteiger partial charge in [0.15, 0.2) is 0 Å². The first-order chi connectivity index (χ1) is 12.0. The average molecular weight is 362 g/mol. The molecule has 2 heterocycles. The van der Waals surface area contributed by atoms with Crippen molar-refractivity contribution in [3.05, 3.63) is 58.5 Å². The lowest BCUT2D eigenvalue weighted by Crippen LogP contribution is -2.39. The van der Waals surface area contributed by atoms with Crippen molar-refractivity contribution in [1.29, 1.82) is 0 Å².